The molecule has 0 radical (unpaired) electrons. The summed E-state index contributed by atoms with van der Waals surface area (Å²) in [4.78, 5) is 23.5. The third kappa shape index (κ3) is 4.34. The van der Waals surface area contributed by atoms with Gasteiger partial charge >= 0.3 is 0 Å². The first-order valence-corrected chi connectivity index (χ1v) is 8.60. The Morgan fingerprint density at radius 3 is 2.77 bits per heavy atom. The first-order chi connectivity index (χ1) is 12.4. The van der Waals surface area contributed by atoms with Crippen LogP contribution in [-0.2, 0) is 4.79 Å². The largest absolute Gasteiger partial charge is 0.487 e. The first kappa shape index (κ1) is 18.2. The van der Waals surface area contributed by atoms with E-state index in [0.29, 0.717) is 33.7 Å². The number of fused-ring (bicyclic) bond motifs is 1. The van der Waals surface area contributed by atoms with Crippen LogP contribution in [0.4, 0.5) is 5.69 Å². The van der Waals surface area contributed by atoms with Crippen molar-refractivity contribution < 1.29 is 14.3 Å². The van der Waals surface area contributed by atoms with E-state index in [1.54, 1.807) is 42.5 Å². The van der Waals surface area contributed by atoms with Crippen molar-refractivity contribution in [3.8, 4) is 5.75 Å². The monoisotopic (exact) mass is 387 g/mol. The summed E-state index contributed by atoms with van der Waals surface area (Å²) in [5.41, 5.74) is 2.65. The highest BCUT2D eigenvalue weighted by molar-refractivity contribution is 6.36. The Kier molecular flexibility index (Phi) is 5.45. The van der Waals surface area contributed by atoms with E-state index in [4.69, 9.17) is 27.9 Å². The fraction of sp³-hybridized carbons (Fsp3) is 0.100. The number of carbonyl (C=O) groups excluding carboxylic acids is 2. The number of hydrogen-bond acceptors (Lipinski definition) is 3. The first-order valence-electron chi connectivity index (χ1n) is 7.85. The summed E-state index contributed by atoms with van der Waals surface area (Å²) in [6, 6.07) is 10.2. The highest BCUT2D eigenvalue weighted by Crippen LogP contribution is 2.36. The van der Waals surface area contributed by atoms with Crippen molar-refractivity contribution in [2.24, 2.45) is 0 Å². The van der Waals surface area contributed by atoms with Gasteiger partial charge in [0.05, 0.1) is 5.02 Å². The molecule has 1 aliphatic rings. The Labute approximate surface area is 161 Å². The van der Waals surface area contributed by atoms with Crippen molar-refractivity contribution in [2.75, 3.05) is 11.9 Å². The van der Waals surface area contributed by atoms with Crippen LogP contribution in [0.2, 0.25) is 10.0 Å². The second-order valence-corrected chi connectivity index (χ2v) is 6.62. The number of rotatable bonds is 4. The number of anilines is 1. The molecule has 0 saturated carbocycles. The van der Waals surface area contributed by atoms with Crippen molar-refractivity contribution in [2.45, 2.75) is 6.92 Å². The smallest absolute Gasteiger partial charge is 0.221 e. The predicted octanol–water partition coefficient (Wildman–Crippen LogP) is 5.17. The number of allylic oxidation sites excluding steroid dienone is 1. The van der Waals surface area contributed by atoms with Gasteiger partial charge in [-0.05, 0) is 42.0 Å². The van der Waals surface area contributed by atoms with Gasteiger partial charge in [-0.15, -0.1) is 0 Å². The SMILES string of the molecule is CC(=O)Nc1cccc(C(=O)/C=C\C2=Cc3cc(Cl)cc(Cl)c3OC2)c1. The molecule has 3 rings (SSSR count). The summed E-state index contributed by atoms with van der Waals surface area (Å²) in [7, 11) is 0. The minimum absolute atomic E-state index is 0.173. The van der Waals surface area contributed by atoms with E-state index in [1.807, 2.05) is 6.08 Å². The van der Waals surface area contributed by atoms with Gasteiger partial charge in [0.25, 0.3) is 0 Å². The molecule has 1 aliphatic heterocycles. The molecule has 0 unspecified atom stereocenters. The number of ether oxygens (including phenoxy) is 1. The lowest BCUT2D eigenvalue weighted by Crippen LogP contribution is -2.07. The van der Waals surface area contributed by atoms with Gasteiger partial charge in [-0.2, -0.15) is 0 Å². The highest BCUT2D eigenvalue weighted by Gasteiger charge is 2.15. The molecule has 26 heavy (non-hydrogen) atoms. The molecular weight excluding hydrogens is 373 g/mol. The van der Waals surface area contributed by atoms with E-state index in [2.05, 4.69) is 5.32 Å². The van der Waals surface area contributed by atoms with Crippen LogP contribution in [-0.4, -0.2) is 18.3 Å². The van der Waals surface area contributed by atoms with Gasteiger partial charge in [-0.1, -0.05) is 41.4 Å². The molecule has 0 aromatic heterocycles. The maximum Gasteiger partial charge on any atom is 0.221 e. The minimum Gasteiger partial charge on any atom is -0.487 e. The van der Waals surface area contributed by atoms with Gasteiger partial charge in [-0.25, -0.2) is 0 Å². The summed E-state index contributed by atoms with van der Waals surface area (Å²) in [5, 5.41) is 3.63. The van der Waals surface area contributed by atoms with Crippen molar-refractivity contribution in [1.29, 1.82) is 0 Å². The Morgan fingerprint density at radius 2 is 2.00 bits per heavy atom. The number of halogens is 2. The highest BCUT2D eigenvalue weighted by atomic mass is 35.5. The van der Waals surface area contributed by atoms with Gasteiger partial charge in [0.2, 0.25) is 5.91 Å². The van der Waals surface area contributed by atoms with Gasteiger partial charge < -0.3 is 10.1 Å². The molecule has 0 atom stereocenters. The van der Waals surface area contributed by atoms with Crippen LogP contribution >= 0.6 is 23.2 Å². The molecule has 0 bridgehead atoms. The lowest BCUT2D eigenvalue weighted by molar-refractivity contribution is -0.114. The topological polar surface area (TPSA) is 55.4 Å². The lowest BCUT2D eigenvalue weighted by Gasteiger charge is -2.17. The van der Waals surface area contributed by atoms with E-state index >= 15 is 0 Å². The zero-order valence-electron chi connectivity index (χ0n) is 13.9. The normalized spacial score (nSPS) is 13.0. The Morgan fingerprint density at radius 1 is 1.19 bits per heavy atom. The maximum atomic E-state index is 12.4. The molecular formula is C20H15Cl2NO3. The van der Waals surface area contributed by atoms with E-state index in [1.165, 1.54) is 13.0 Å². The average Bonchev–Trinajstić information content (AvgIpc) is 2.58. The quantitative estimate of drug-likeness (QED) is 0.581. The van der Waals surface area contributed by atoms with Gasteiger partial charge in [-0.3, -0.25) is 9.59 Å². The Hall–Kier alpha value is -2.56. The molecule has 2 aromatic rings. The van der Waals surface area contributed by atoms with Crippen molar-refractivity contribution in [1.82, 2.24) is 0 Å². The second kappa shape index (κ2) is 7.77. The summed E-state index contributed by atoms with van der Waals surface area (Å²) >= 11 is 12.1. The Balaban J connectivity index is 1.78. The fourth-order valence-corrected chi connectivity index (χ4v) is 3.13. The number of amides is 1. The lowest BCUT2D eigenvalue weighted by atomic mass is 10.1. The number of carbonyl (C=O) groups is 2. The zero-order valence-corrected chi connectivity index (χ0v) is 15.4. The standard InChI is InChI=1S/C20H15Cl2NO3/c1-12(24)23-17-4-2-3-14(9-17)19(25)6-5-13-7-15-8-16(21)10-18(22)20(15)26-11-13/h2-10H,11H2,1H3,(H,23,24)/b6-5-. The molecule has 4 nitrogen and oxygen atoms in total. The Bertz CT molecular complexity index is 948. The van der Waals surface area contributed by atoms with E-state index in [9.17, 15) is 9.59 Å². The van der Waals surface area contributed by atoms with Crippen LogP contribution in [0.5, 0.6) is 5.75 Å². The molecule has 2 aromatic carbocycles. The van der Waals surface area contributed by atoms with E-state index < -0.39 is 0 Å². The van der Waals surface area contributed by atoms with Crippen LogP contribution in [0, 0.1) is 0 Å². The number of hydrogen-bond donors (Lipinski definition) is 1. The molecule has 1 N–H and O–H groups in total. The van der Waals surface area contributed by atoms with Crippen molar-refractivity contribution in [3.63, 3.8) is 0 Å². The molecule has 0 saturated heterocycles. The van der Waals surface area contributed by atoms with E-state index in [-0.39, 0.29) is 11.7 Å². The second-order valence-electron chi connectivity index (χ2n) is 5.77. The molecule has 1 amide bonds. The predicted molar refractivity (Wildman–Crippen MR) is 104 cm³/mol. The maximum absolute atomic E-state index is 12.4. The molecule has 0 fully saturated rings. The summed E-state index contributed by atoms with van der Waals surface area (Å²) < 4.78 is 5.65. The van der Waals surface area contributed by atoms with Crippen molar-refractivity contribution >= 4 is 46.7 Å². The summed E-state index contributed by atoms with van der Waals surface area (Å²) in [6.07, 6.45) is 5.05. The molecule has 6 heteroatoms. The molecule has 1 heterocycles. The van der Waals surface area contributed by atoms with Crippen LogP contribution in [0.25, 0.3) is 6.08 Å². The average molecular weight is 388 g/mol. The summed E-state index contributed by atoms with van der Waals surface area (Å²) in [5.74, 6) is 0.223. The fourth-order valence-electron chi connectivity index (χ4n) is 2.57. The van der Waals surface area contributed by atoms with E-state index in [0.717, 1.165) is 11.1 Å². The van der Waals surface area contributed by atoms with Gasteiger partial charge in [0.1, 0.15) is 12.4 Å². The molecule has 132 valence electrons. The third-order valence-electron chi connectivity index (χ3n) is 3.68. The zero-order chi connectivity index (χ0) is 18.7. The van der Waals surface area contributed by atoms with Crippen molar-refractivity contribution in [3.05, 3.63) is 75.3 Å². The number of nitrogens with one attached hydrogen (secondary N) is 1. The van der Waals surface area contributed by atoms with Crippen LogP contribution < -0.4 is 10.1 Å². The number of benzene rings is 2. The van der Waals surface area contributed by atoms with Gasteiger partial charge in [0, 0.05) is 28.8 Å². The number of ketones is 1. The van der Waals surface area contributed by atoms with Gasteiger partial charge in [0.15, 0.2) is 5.78 Å². The third-order valence-corrected chi connectivity index (χ3v) is 4.18. The molecule has 0 spiro atoms. The van der Waals surface area contributed by atoms with Crippen LogP contribution in [0.3, 0.4) is 0 Å². The van der Waals surface area contributed by atoms with Crippen LogP contribution in [0.15, 0.2) is 54.1 Å². The minimum atomic E-state index is -0.189. The molecule has 0 aliphatic carbocycles. The van der Waals surface area contributed by atoms with Crippen LogP contribution in [0.1, 0.15) is 22.8 Å². The summed E-state index contributed by atoms with van der Waals surface area (Å²) in [6.45, 7) is 1.73.